The number of benzene rings is 1. The molecule has 2 aromatic heterocycles. The second-order valence-corrected chi connectivity index (χ2v) is 8.27. The van der Waals surface area contributed by atoms with E-state index in [-0.39, 0.29) is 16.5 Å². The van der Waals surface area contributed by atoms with Gasteiger partial charge in [0, 0.05) is 28.6 Å². The summed E-state index contributed by atoms with van der Waals surface area (Å²) in [5.74, 6) is 0. The van der Waals surface area contributed by atoms with Crippen molar-refractivity contribution in [2.24, 2.45) is 0 Å². The SMILES string of the molecule is Cc1c(C#N)c(=O)n2cnnc2/c1=C/C=C1\N2CCCc3cccc(c32)C1(C)C. The number of fused-ring (bicyclic) bond motifs is 1. The molecule has 4 heterocycles. The van der Waals surface area contributed by atoms with Crippen LogP contribution in [0.2, 0.25) is 0 Å². The second-order valence-electron chi connectivity index (χ2n) is 8.27. The summed E-state index contributed by atoms with van der Waals surface area (Å²) in [4.78, 5) is 14.9. The first-order valence-corrected chi connectivity index (χ1v) is 9.84. The van der Waals surface area contributed by atoms with E-state index in [4.69, 9.17) is 0 Å². The number of nitriles is 1. The molecule has 0 radical (unpaired) electrons. The van der Waals surface area contributed by atoms with Crippen LogP contribution in [0.3, 0.4) is 0 Å². The zero-order valence-electron chi connectivity index (χ0n) is 16.7. The largest absolute Gasteiger partial charge is 0.344 e. The number of rotatable bonds is 1. The van der Waals surface area contributed by atoms with E-state index >= 15 is 0 Å². The molecule has 3 aromatic rings. The van der Waals surface area contributed by atoms with E-state index in [1.54, 1.807) is 6.92 Å². The van der Waals surface area contributed by atoms with E-state index in [0.717, 1.165) is 24.6 Å². The molecule has 29 heavy (non-hydrogen) atoms. The fourth-order valence-corrected chi connectivity index (χ4v) is 4.81. The minimum Gasteiger partial charge on any atom is -0.344 e. The van der Waals surface area contributed by atoms with Crippen LogP contribution in [-0.4, -0.2) is 21.1 Å². The zero-order valence-corrected chi connectivity index (χ0v) is 16.7. The first kappa shape index (κ1) is 17.6. The Kier molecular flexibility index (Phi) is 3.66. The molecule has 0 amide bonds. The molecule has 0 spiro atoms. The third-order valence-corrected chi connectivity index (χ3v) is 6.34. The standard InChI is InChI=1S/C23H21N5O/c1-14-16(21-26-25-13-28(21)22(29)17(14)12-24)9-10-19-23(2,3)18-8-4-6-15-7-5-11-27(19)20(15)18/h4,6,8-10,13H,5,7,11H2,1-3H3/b16-9+,19-10-. The molecule has 0 saturated heterocycles. The Balaban J connectivity index is 1.77. The highest BCUT2D eigenvalue weighted by Gasteiger charge is 2.41. The molecule has 0 atom stereocenters. The van der Waals surface area contributed by atoms with Gasteiger partial charge in [0.1, 0.15) is 18.0 Å². The van der Waals surface area contributed by atoms with E-state index in [2.05, 4.69) is 53.2 Å². The first-order chi connectivity index (χ1) is 13.9. The van der Waals surface area contributed by atoms with Crippen LogP contribution in [-0.2, 0) is 11.8 Å². The molecule has 6 heteroatoms. The van der Waals surface area contributed by atoms with Gasteiger partial charge in [-0.05, 0) is 48.6 Å². The molecule has 2 aliphatic heterocycles. The van der Waals surface area contributed by atoms with Crippen molar-refractivity contribution in [2.45, 2.75) is 39.0 Å². The van der Waals surface area contributed by atoms with Gasteiger partial charge in [-0.1, -0.05) is 32.0 Å². The third kappa shape index (κ3) is 2.31. The monoisotopic (exact) mass is 383 g/mol. The summed E-state index contributed by atoms with van der Waals surface area (Å²) in [6.07, 6.45) is 7.72. The van der Waals surface area contributed by atoms with Crippen LogP contribution in [0, 0.1) is 18.3 Å². The van der Waals surface area contributed by atoms with Gasteiger partial charge < -0.3 is 4.90 Å². The molecular weight excluding hydrogens is 362 g/mol. The summed E-state index contributed by atoms with van der Waals surface area (Å²) >= 11 is 0. The molecule has 0 aliphatic carbocycles. The van der Waals surface area contributed by atoms with E-state index in [9.17, 15) is 10.1 Å². The molecule has 0 saturated carbocycles. The Morgan fingerprint density at radius 1 is 1.28 bits per heavy atom. The molecule has 0 unspecified atom stereocenters. The summed E-state index contributed by atoms with van der Waals surface area (Å²) in [5, 5.41) is 18.3. The van der Waals surface area contributed by atoms with Crippen molar-refractivity contribution in [1.29, 1.82) is 5.26 Å². The van der Waals surface area contributed by atoms with Crippen LogP contribution in [0.25, 0.3) is 11.7 Å². The average Bonchev–Trinajstić information content (AvgIpc) is 3.27. The van der Waals surface area contributed by atoms with Crippen molar-refractivity contribution in [3.05, 3.63) is 74.1 Å². The van der Waals surface area contributed by atoms with Gasteiger partial charge in [-0.2, -0.15) is 5.26 Å². The Bertz CT molecular complexity index is 1360. The third-order valence-electron chi connectivity index (χ3n) is 6.34. The van der Waals surface area contributed by atoms with Gasteiger partial charge in [-0.25, -0.2) is 4.40 Å². The van der Waals surface area contributed by atoms with Gasteiger partial charge in [0.2, 0.25) is 0 Å². The summed E-state index contributed by atoms with van der Waals surface area (Å²) in [7, 11) is 0. The molecule has 5 rings (SSSR count). The lowest BCUT2D eigenvalue weighted by Crippen LogP contribution is -2.29. The van der Waals surface area contributed by atoms with Crippen molar-refractivity contribution in [1.82, 2.24) is 14.6 Å². The van der Waals surface area contributed by atoms with Gasteiger partial charge >= 0.3 is 0 Å². The summed E-state index contributed by atoms with van der Waals surface area (Å²) in [6, 6.07) is 8.64. The Labute approximate surface area is 168 Å². The molecule has 6 nitrogen and oxygen atoms in total. The Morgan fingerprint density at radius 3 is 2.90 bits per heavy atom. The summed E-state index contributed by atoms with van der Waals surface area (Å²) in [6.45, 7) is 7.30. The fraction of sp³-hybridized carbons (Fsp3) is 0.304. The number of para-hydroxylation sites is 1. The summed E-state index contributed by atoms with van der Waals surface area (Å²) in [5.41, 5.74) is 6.09. The van der Waals surface area contributed by atoms with Crippen LogP contribution in [0.1, 0.15) is 42.5 Å². The van der Waals surface area contributed by atoms with Crippen molar-refractivity contribution in [2.75, 3.05) is 11.4 Å². The normalized spacial score (nSPS) is 19.0. The molecular formula is C23H21N5O. The van der Waals surface area contributed by atoms with Crippen molar-refractivity contribution < 1.29 is 0 Å². The smallest absolute Gasteiger partial charge is 0.275 e. The molecule has 2 aliphatic rings. The number of pyridine rings is 1. The van der Waals surface area contributed by atoms with Gasteiger partial charge in [0.05, 0.1) is 0 Å². The van der Waals surface area contributed by atoms with E-state index < -0.39 is 0 Å². The topological polar surface area (TPSA) is 74.3 Å². The predicted octanol–water partition coefficient (Wildman–Crippen LogP) is 2.40. The van der Waals surface area contributed by atoms with Crippen LogP contribution in [0.5, 0.6) is 0 Å². The lowest BCUT2D eigenvalue weighted by molar-refractivity contribution is 0.626. The molecule has 1 aromatic carbocycles. The lowest BCUT2D eigenvalue weighted by Gasteiger charge is -2.30. The number of hydrogen-bond acceptors (Lipinski definition) is 5. The maximum atomic E-state index is 12.5. The van der Waals surface area contributed by atoms with Crippen LogP contribution < -0.4 is 15.7 Å². The molecule has 0 N–H and O–H groups in total. The molecule has 0 bridgehead atoms. The number of aryl methyl sites for hydroxylation is 1. The minimum atomic E-state index is -0.371. The first-order valence-electron chi connectivity index (χ1n) is 9.84. The number of hydrogen-bond donors (Lipinski definition) is 0. The quantitative estimate of drug-likeness (QED) is 0.645. The summed E-state index contributed by atoms with van der Waals surface area (Å²) < 4.78 is 1.35. The fourth-order valence-electron chi connectivity index (χ4n) is 4.81. The van der Waals surface area contributed by atoms with E-state index in [1.165, 1.54) is 33.2 Å². The van der Waals surface area contributed by atoms with Gasteiger partial charge in [0.15, 0.2) is 5.65 Å². The van der Waals surface area contributed by atoms with Gasteiger partial charge in [-0.15, -0.1) is 10.2 Å². The van der Waals surface area contributed by atoms with Crippen molar-refractivity contribution in [3.8, 4) is 6.07 Å². The lowest BCUT2D eigenvalue weighted by atomic mass is 9.83. The van der Waals surface area contributed by atoms with Gasteiger partial charge in [-0.3, -0.25) is 4.79 Å². The highest BCUT2D eigenvalue weighted by Crippen LogP contribution is 2.50. The van der Waals surface area contributed by atoms with Gasteiger partial charge in [0.25, 0.3) is 5.56 Å². The minimum absolute atomic E-state index is 0.124. The average molecular weight is 383 g/mol. The highest BCUT2D eigenvalue weighted by atomic mass is 16.1. The van der Waals surface area contributed by atoms with Crippen molar-refractivity contribution >= 4 is 17.4 Å². The highest BCUT2D eigenvalue weighted by molar-refractivity contribution is 5.76. The van der Waals surface area contributed by atoms with Crippen LogP contribution >= 0.6 is 0 Å². The van der Waals surface area contributed by atoms with Crippen LogP contribution in [0.4, 0.5) is 5.69 Å². The number of nitrogens with zero attached hydrogens (tertiary/aromatic N) is 5. The zero-order chi connectivity index (χ0) is 20.3. The second kappa shape index (κ2) is 6.02. The Morgan fingerprint density at radius 2 is 2.10 bits per heavy atom. The maximum Gasteiger partial charge on any atom is 0.275 e. The number of allylic oxidation sites excluding steroid dienone is 2. The van der Waals surface area contributed by atoms with Crippen molar-refractivity contribution in [3.63, 3.8) is 0 Å². The van der Waals surface area contributed by atoms with Crippen LogP contribution in [0.15, 0.2) is 41.1 Å². The molecule has 0 fully saturated rings. The predicted molar refractivity (Wildman–Crippen MR) is 112 cm³/mol. The Hall–Kier alpha value is -3.46. The number of aromatic nitrogens is 3. The number of anilines is 1. The maximum absolute atomic E-state index is 12.5. The van der Waals surface area contributed by atoms with E-state index in [0.29, 0.717) is 11.2 Å². The molecule has 144 valence electrons. The van der Waals surface area contributed by atoms with E-state index in [1.807, 2.05) is 12.1 Å².